The minimum Gasteiger partial charge on any atom is -0.496 e. The van der Waals surface area contributed by atoms with Crippen LogP contribution in [0.25, 0.3) is 0 Å². The van der Waals surface area contributed by atoms with E-state index in [0.717, 1.165) is 5.56 Å². The highest BCUT2D eigenvalue weighted by atomic mass is 16.6. The lowest BCUT2D eigenvalue weighted by atomic mass is 10.2. The maximum absolute atomic E-state index is 12.6. The summed E-state index contributed by atoms with van der Waals surface area (Å²) < 4.78 is 6.39. The highest BCUT2D eigenvalue weighted by molar-refractivity contribution is 6.05. The third kappa shape index (κ3) is 4.24. The number of carbonyl (C=O) groups excluding carboxylic acids is 1. The number of anilines is 1. The lowest BCUT2D eigenvalue weighted by Gasteiger charge is -2.10. The third-order valence-corrected chi connectivity index (χ3v) is 4.09. The lowest BCUT2D eigenvalue weighted by Crippen LogP contribution is -2.22. The first kappa shape index (κ1) is 18.8. The van der Waals surface area contributed by atoms with Gasteiger partial charge in [-0.3, -0.25) is 19.7 Å². The van der Waals surface area contributed by atoms with Gasteiger partial charge in [-0.15, -0.1) is 0 Å². The van der Waals surface area contributed by atoms with E-state index in [4.69, 9.17) is 4.74 Å². The average Bonchev–Trinajstić information content (AvgIpc) is 2.70. The SMILES string of the molecule is COc1ccc(NC(=O)c2ccc(=O)n(Cc3ccccc3)c2)c([N+](=O)[O-])c1. The molecule has 2 aromatic carbocycles. The number of ether oxygens (including phenoxy) is 1. The molecule has 1 N–H and O–H groups in total. The number of pyridine rings is 1. The number of hydrogen-bond acceptors (Lipinski definition) is 5. The van der Waals surface area contributed by atoms with Gasteiger partial charge in [0.15, 0.2) is 0 Å². The van der Waals surface area contributed by atoms with E-state index >= 15 is 0 Å². The molecule has 8 nitrogen and oxygen atoms in total. The molecule has 0 aliphatic heterocycles. The highest BCUT2D eigenvalue weighted by Gasteiger charge is 2.18. The second kappa shape index (κ2) is 8.17. The Morgan fingerprint density at radius 2 is 1.89 bits per heavy atom. The van der Waals surface area contributed by atoms with Crippen LogP contribution in [0.3, 0.4) is 0 Å². The molecule has 0 aliphatic carbocycles. The van der Waals surface area contributed by atoms with Crippen LogP contribution in [0.1, 0.15) is 15.9 Å². The molecule has 8 heteroatoms. The van der Waals surface area contributed by atoms with E-state index < -0.39 is 10.8 Å². The second-order valence-electron chi connectivity index (χ2n) is 5.96. The molecule has 0 atom stereocenters. The fourth-order valence-electron chi connectivity index (χ4n) is 2.66. The van der Waals surface area contributed by atoms with Crippen LogP contribution in [-0.2, 0) is 6.54 Å². The van der Waals surface area contributed by atoms with Gasteiger partial charge in [0, 0.05) is 12.3 Å². The molecule has 3 rings (SSSR count). The Balaban J connectivity index is 1.86. The molecule has 0 saturated heterocycles. The smallest absolute Gasteiger partial charge is 0.296 e. The average molecular weight is 379 g/mol. The van der Waals surface area contributed by atoms with Gasteiger partial charge in [0.25, 0.3) is 17.2 Å². The van der Waals surface area contributed by atoms with E-state index in [0.29, 0.717) is 12.3 Å². The van der Waals surface area contributed by atoms with Crippen LogP contribution in [0.5, 0.6) is 5.75 Å². The van der Waals surface area contributed by atoms with Crippen molar-refractivity contribution in [2.45, 2.75) is 6.54 Å². The molecule has 1 aromatic heterocycles. The van der Waals surface area contributed by atoms with Gasteiger partial charge in [0.1, 0.15) is 11.4 Å². The number of methoxy groups -OCH3 is 1. The van der Waals surface area contributed by atoms with Crippen molar-refractivity contribution in [1.82, 2.24) is 4.57 Å². The summed E-state index contributed by atoms with van der Waals surface area (Å²) in [7, 11) is 1.40. The van der Waals surface area contributed by atoms with Crippen LogP contribution in [-0.4, -0.2) is 22.5 Å². The third-order valence-electron chi connectivity index (χ3n) is 4.09. The number of rotatable bonds is 6. The van der Waals surface area contributed by atoms with Gasteiger partial charge in [-0.05, 0) is 23.8 Å². The molecular formula is C20H17N3O5. The monoisotopic (exact) mass is 379 g/mol. The molecule has 0 unspecified atom stereocenters. The van der Waals surface area contributed by atoms with Gasteiger partial charge in [0.05, 0.1) is 30.2 Å². The number of benzene rings is 2. The number of nitro benzene ring substituents is 1. The van der Waals surface area contributed by atoms with Crippen molar-refractivity contribution in [3.63, 3.8) is 0 Å². The summed E-state index contributed by atoms with van der Waals surface area (Å²) in [4.78, 5) is 35.3. The van der Waals surface area contributed by atoms with Gasteiger partial charge >= 0.3 is 0 Å². The van der Waals surface area contributed by atoms with E-state index in [2.05, 4.69) is 5.32 Å². The fourth-order valence-corrected chi connectivity index (χ4v) is 2.66. The number of nitrogens with one attached hydrogen (secondary N) is 1. The summed E-state index contributed by atoms with van der Waals surface area (Å²) in [5.74, 6) is -0.254. The van der Waals surface area contributed by atoms with E-state index in [1.54, 1.807) is 0 Å². The van der Waals surface area contributed by atoms with E-state index in [9.17, 15) is 19.7 Å². The molecule has 1 heterocycles. The molecule has 3 aromatic rings. The minimum atomic E-state index is -0.603. The zero-order valence-corrected chi connectivity index (χ0v) is 15.0. The van der Waals surface area contributed by atoms with Crippen LogP contribution in [0.4, 0.5) is 11.4 Å². The first-order valence-electron chi connectivity index (χ1n) is 8.36. The van der Waals surface area contributed by atoms with Crippen molar-refractivity contribution in [2.24, 2.45) is 0 Å². The van der Waals surface area contributed by atoms with Crippen molar-refractivity contribution < 1.29 is 14.5 Å². The summed E-state index contributed by atoms with van der Waals surface area (Å²) in [5.41, 5.74) is 0.617. The molecule has 0 bridgehead atoms. The summed E-state index contributed by atoms with van der Waals surface area (Å²) in [6, 6.07) is 16.2. The molecule has 0 fully saturated rings. The molecule has 1 amide bonds. The highest BCUT2D eigenvalue weighted by Crippen LogP contribution is 2.29. The predicted octanol–water partition coefficient (Wildman–Crippen LogP) is 3.07. The van der Waals surface area contributed by atoms with Crippen molar-refractivity contribution in [3.05, 3.63) is 98.5 Å². The maximum Gasteiger partial charge on any atom is 0.296 e. The molecule has 0 spiro atoms. The molecule has 0 aliphatic rings. The standard InChI is InChI=1S/C20H17N3O5/c1-28-16-8-9-17(18(11-16)23(26)27)21-20(25)15-7-10-19(24)22(13-15)12-14-5-3-2-4-6-14/h2-11,13H,12H2,1H3,(H,21,25). The van der Waals surface area contributed by atoms with Crippen molar-refractivity contribution in [3.8, 4) is 5.75 Å². The zero-order chi connectivity index (χ0) is 20.1. The Morgan fingerprint density at radius 1 is 1.14 bits per heavy atom. The normalized spacial score (nSPS) is 10.3. The number of amides is 1. The Hall–Kier alpha value is -3.94. The maximum atomic E-state index is 12.6. The number of hydrogen-bond donors (Lipinski definition) is 1. The van der Waals surface area contributed by atoms with Crippen molar-refractivity contribution in [1.29, 1.82) is 0 Å². The lowest BCUT2D eigenvalue weighted by molar-refractivity contribution is -0.384. The summed E-state index contributed by atoms with van der Waals surface area (Å²) >= 11 is 0. The largest absolute Gasteiger partial charge is 0.496 e. The fraction of sp³-hybridized carbons (Fsp3) is 0.100. The van der Waals surface area contributed by atoms with E-state index in [1.165, 1.54) is 48.2 Å². The Kier molecular flexibility index (Phi) is 5.50. The van der Waals surface area contributed by atoms with Crippen LogP contribution >= 0.6 is 0 Å². The second-order valence-corrected chi connectivity index (χ2v) is 5.96. The van der Waals surface area contributed by atoms with Crippen LogP contribution in [0, 0.1) is 10.1 Å². The summed E-state index contributed by atoms with van der Waals surface area (Å²) in [6.07, 6.45) is 1.43. The van der Waals surface area contributed by atoms with Gasteiger partial charge in [-0.25, -0.2) is 0 Å². The topological polar surface area (TPSA) is 103 Å². The number of carbonyl (C=O) groups is 1. The first-order valence-corrected chi connectivity index (χ1v) is 8.36. The molecule has 28 heavy (non-hydrogen) atoms. The van der Waals surface area contributed by atoms with Crippen LogP contribution in [0.2, 0.25) is 0 Å². The number of aromatic nitrogens is 1. The number of nitro groups is 1. The zero-order valence-electron chi connectivity index (χ0n) is 15.0. The molecule has 0 saturated carbocycles. The number of nitrogens with zero attached hydrogens (tertiary/aromatic N) is 2. The van der Waals surface area contributed by atoms with Gasteiger partial charge in [-0.1, -0.05) is 30.3 Å². The molecule has 0 radical (unpaired) electrons. The first-order chi connectivity index (χ1) is 13.5. The molecule has 142 valence electrons. The van der Waals surface area contributed by atoms with Crippen molar-refractivity contribution >= 4 is 17.3 Å². The summed E-state index contributed by atoms with van der Waals surface area (Å²) in [5, 5.41) is 13.8. The van der Waals surface area contributed by atoms with Crippen molar-refractivity contribution in [2.75, 3.05) is 12.4 Å². The Morgan fingerprint density at radius 3 is 2.57 bits per heavy atom. The van der Waals surface area contributed by atoms with Crippen LogP contribution < -0.4 is 15.6 Å². The molecular weight excluding hydrogens is 362 g/mol. The predicted molar refractivity (Wildman–Crippen MR) is 104 cm³/mol. The Labute approximate surface area is 160 Å². The Bertz CT molecular complexity index is 1080. The van der Waals surface area contributed by atoms with Gasteiger partial charge in [0.2, 0.25) is 0 Å². The van der Waals surface area contributed by atoms with Gasteiger partial charge < -0.3 is 14.6 Å². The van der Waals surface area contributed by atoms with E-state index in [1.807, 2.05) is 30.3 Å². The van der Waals surface area contributed by atoms with Crippen LogP contribution in [0.15, 0.2) is 71.7 Å². The quantitative estimate of drug-likeness (QED) is 0.524. The van der Waals surface area contributed by atoms with Gasteiger partial charge in [-0.2, -0.15) is 0 Å². The van der Waals surface area contributed by atoms with E-state index in [-0.39, 0.29) is 22.5 Å². The minimum absolute atomic E-state index is 0.0385. The summed E-state index contributed by atoms with van der Waals surface area (Å²) in [6.45, 7) is 0.309.